The standard InChI is InChI=1S/C19H26N6O4S2/c26-9-13-12(27)8-16(29-13)25-11-23-17-18(21-10-22-19(17)25)24-14(28)4-3-7-30-31-15-5-1-2-6-20-15/h1-2,5-6,10-16,20,26-28H,3-4,7-9H2,(H,21,22,24). The summed E-state index contributed by atoms with van der Waals surface area (Å²) in [5, 5.41) is 36.2. The summed E-state index contributed by atoms with van der Waals surface area (Å²) < 4.78 is 7.40. The van der Waals surface area contributed by atoms with Crippen LogP contribution in [0.25, 0.3) is 11.2 Å². The molecule has 0 aromatic carbocycles. The van der Waals surface area contributed by atoms with Gasteiger partial charge in [-0.2, -0.15) is 0 Å². The van der Waals surface area contributed by atoms with Crippen LogP contribution in [0.4, 0.5) is 5.82 Å². The first kappa shape index (κ1) is 22.4. The van der Waals surface area contributed by atoms with E-state index in [1.54, 1.807) is 32.5 Å². The average molecular weight is 467 g/mol. The molecule has 2 aromatic heterocycles. The molecule has 168 valence electrons. The lowest BCUT2D eigenvalue weighted by atomic mass is 10.2. The zero-order valence-corrected chi connectivity index (χ0v) is 18.4. The highest BCUT2D eigenvalue weighted by atomic mass is 33.1. The molecule has 12 heteroatoms. The van der Waals surface area contributed by atoms with E-state index in [0.29, 0.717) is 29.8 Å². The lowest BCUT2D eigenvalue weighted by molar-refractivity contribution is -0.0432. The Labute approximate surface area is 187 Å². The molecule has 4 heterocycles. The summed E-state index contributed by atoms with van der Waals surface area (Å²) in [4.78, 5) is 12.9. The third kappa shape index (κ3) is 5.51. The van der Waals surface area contributed by atoms with E-state index >= 15 is 0 Å². The first-order valence-corrected chi connectivity index (χ1v) is 12.5. The Morgan fingerprint density at radius 1 is 1.32 bits per heavy atom. The molecule has 0 saturated carbocycles. The van der Waals surface area contributed by atoms with Gasteiger partial charge in [0, 0.05) is 12.2 Å². The fourth-order valence-electron chi connectivity index (χ4n) is 3.39. The van der Waals surface area contributed by atoms with E-state index in [2.05, 4.69) is 31.7 Å². The minimum atomic E-state index is -0.757. The zero-order valence-electron chi connectivity index (χ0n) is 16.7. The number of ether oxygens (including phenoxy) is 1. The second-order valence-electron chi connectivity index (χ2n) is 7.21. The largest absolute Gasteiger partial charge is 0.394 e. The molecule has 1 fully saturated rings. The number of aliphatic hydroxyl groups excluding tert-OH is 3. The van der Waals surface area contributed by atoms with Crippen LogP contribution < -0.4 is 10.6 Å². The molecule has 5 unspecified atom stereocenters. The minimum Gasteiger partial charge on any atom is -0.394 e. The number of nitrogens with one attached hydrogen (secondary N) is 2. The van der Waals surface area contributed by atoms with Gasteiger partial charge in [0.25, 0.3) is 0 Å². The Kier molecular flexibility index (Phi) is 7.69. The number of imidazole rings is 1. The van der Waals surface area contributed by atoms with E-state index < -0.39 is 24.7 Å². The predicted octanol–water partition coefficient (Wildman–Crippen LogP) is 1.36. The van der Waals surface area contributed by atoms with Crippen LogP contribution in [0.5, 0.6) is 0 Å². The first-order chi connectivity index (χ1) is 15.2. The second kappa shape index (κ2) is 10.7. The zero-order chi connectivity index (χ0) is 21.6. The van der Waals surface area contributed by atoms with Crippen molar-refractivity contribution in [3.8, 4) is 0 Å². The number of aliphatic hydroxyl groups is 3. The SMILES string of the molecule is OCC1OC(n2cnc3c(NC(O)CCCSSC4C=CC=CN4)ncnc32)CC1O. The van der Waals surface area contributed by atoms with Gasteiger partial charge in [-0.25, -0.2) is 15.0 Å². The number of aromatic nitrogens is 4. The number of dihydropyridines is 1. The molecule has 1 saturated heterocycles. The highest BCUT2D eigenvalue weighted by molar-refractivity contribution is 8.77. The van der Waals surface area contributed by atoms with Gasteiger partial charge in [-0.1, -0.05) is 33.7 Å². The number of allylic oxidation sites excluding steroid dienone is 2. The van der Waals surface area contributed by atoms with Crippen LogP contribution in [0.3, 0.4) is 0 Å². The summed E-state index contributed by atoms with van der Waals surface area (Å²) in [7, 11) is 3.53. The Balaban J connectivity index is 1.29. The number of anilines is 1. The van der Waals surface area contributed by atoms with Crippen molar-refractivity contribution in [1.29, 1.82) is 0 Å². The van der Waals surface area contributed by atoms with Gasteiger partial charge < -0.3 is 30.7 Å². The summed E-state index contributed by atoms with van der Waals surface area (Å²) >= 11 is 0. The molecule has 5 atom stereocenters. The van der Waals surface area contributed by atoms with Crippen LogP contribution in [0, 0.1) is 0 Å². The highest BCUT2D eigenvalue weighted by Crippen LogP contribution is 2.32. The lowest BCUT2D eigenvalue weighted by Gasteiger charge is -2.16. The molecular formula is C19H26N6O4S2. The van der Waals surface area contributed by atoms with Crippen LogP contribution in [-0.4, -0.2) is 71.0 Å². The van der Waals surface area contributed by atoms with E-state index in [9.17, 15) is 15.3 Å². The van der Waals surface area contributed by atoms with Crippen LogP contribution >= 0.6 is 21.6 Å². The molecule has 0 aliphatic carbocycles. The van der Waals surface area contributed by atoms with Crippen molar-refractivity contribution in [2.45, 2.75) is 49.3 Å². The minimum absolute atomic E-state index is 0.250. The van der Waals surface area contributed by atoms with Crippen molar-refractivity contribution >= 4 is 38.6 Å². The Morgan fingerprint density at radius 3 is 3.00 bits per heavy atom. The number of rotatable bonds is 10. The van der Waals surface area contributed by atoms with Crippen LogP contribution in [0.15, 0.2) is 37.1 Å². The van der Waals surface area contributed by atoms with Gasteiger partial charge in [0.05, 0.1) is 19.0 Å². The van der Waals surface area contributed by atoms with Crippen molar-refractivity contribution in [3.63, 3.8) is 0 Å². The van der Waals surface area contributed by atoms with E-state index in [-0.39, 0.29) is 12.0 Å². The summed E-state index contributed by atoms with van der Waals surface area (Å²) in [6.07, 6.45) is 10.2. The summed E-state index contributed by atoms with van der Waals surface area (Å²) in [6, 6.07) is 0. The smallest absolute Gasteiger partial charge is 0.167 e. The number of nitrogens with zero attached hydrogens (tertiary/aromatic N) is 4. The van der Waals surface area contributed by atoms with Crippen molar-refractivity contribution in [2.75, 3.05) is 17.7 Å². The summed E-state index contributed by atoms with van der Waals surface area (Å²) in [5.41, 5.74) is 1.05. The number of fused-ring (bicyclic) bond motifs is 1. The maximum atomic E-state index is 10.4. The van der Waals surface area contributed by atoms with Gasteiger partial charge in [0.1, 0.15) is 30.3 Å². The molecule has 2 aliphatic heterocycles. The van der Waals surface area contributed by atoms with Gasteiger partial charge in [0.2, 0.25) is 0 Å². The molecule has 0 amide bonds. The second-order valence-corrected chi connectivity index (χ2v) is 9.84. The van der Waals surface area contributed by atoms with E-state index in [4.69, 9.17) is 4.74 Å². The molecule has 10 nitrogen and oxygen atoms in total. The normalized spacial score (nSPS) is 26.3. The molecule has 31 heavy (non-hydrogen) atoms. The molecule has 4 rings (SSSR count). The summed E-state index contributed by atoms with van der Waals surface area (Å²) in [6.45, 7) is -0.250. The molecule has 2 aliphatic rings. The van der Waals surface area contributed by atoms with Crippen LogP contribution in [0.1, 0.15) is 25.5 Å². The molecule has 0 radical (unpaired) electrons. The Hall–Kier alpha value is -1.83. The third-order valence-electron chi connectivity index (χ3n) is 4.99. The number of hydrogen-bond donors (Lipinski definition) is 5. The van der Waals surface area contributed by atoms with Crippen molar-refractivity contribution in [2.24, 2.45) is 0 Å². The van der Waals surface area contributed by atoms with Crippen LogP contribution in [0.2, 0.25) is 0 Å². The first-order valence-electron chi connectivity index (χ1n) is 10.1. The topological polar surface area (TPSA) is 138 Å². The van der Waals surface area contributed by atoms with E-state index in [0.717, 1.165) is 12.2 Å². The quantitative estimate of drug-likeness (QED) is 0.197. The van der Waals surface area contributed by atoms with Gasteiger partial charge in [0.15, 0.2) is 17.0 Å². The fraction of sp³-hybridized carbons (Fsp3) is 0.526. The maximum absolute atomic E-state index is 10.4. The fourth-order valence-corrected chi connectivity index (χ4v) is 5.65. The molecular weight excluding hydrogens is 440 g/mol. The summed E-state index contributed by atoms with van der Waals surface area (Å²) in [5.74, 6) is 1.36. The van der Waals surface area contributed by atoms with Gasteiger partial charge >= 0.3 is 0 Å². The van der Waals surface area contributed by atoms with E-state index in [1.807, 2.05) is 18.4 Å². The van der Waals surface area contributed by atoms with Crippen LogP contribution in [-0.2, 0) is 4.74 Å². The molecule has 0 bridgehead atoms. The molecule has 0 spiro atoms. The highest BCUT2D eigenvalue weighted by Gasteiger charge is 2.35. The van der Waals surface area contributed by atoms with Crippen molar-refractivity contribution in [1.82, 2.24) is 24.8 Å². The maximum Gasteiger partial charge on any atom is 0.167 e. The monoisotopic (exact) mass is 466 g/mol. The number of hydrogen-bond acceptors (Lipinski definition) is 11. The Bertz CT molecular complexity index is 926. The average Bonchev–Trinajstić information content (AvgIpc) is 3.38. The third-order valence-corrected chi connectivity index (χ3v) is 7.61. The predicted molar refractivity (Wildman–Crippen MR) is 121 cm³/mol. The van der Waals surface area contributed by atoms with Gasteiger partial charge in [-0.05, 0) is 25.1 Å². The van der Waals surface area contributed by atoms with Crippen molar-refractivity contribution in [3.05, 3.63) is 37.1 Å². The van der Waals surface area contributed by atoms with Gasteiger partial charge in [-0.15, -0.1) is 0 Å². The Morgan fingerprint density at radius 2 is 2.23 bits per heavy atom. The lowest BCUT2D eigenvalue weighted by Crippen LogP contribution is -2.24. The molecule has 2 aromatic rings. The van der Waals surface area contributed by atoms with Crippen molar-refractivity contribution < 1.29 is 20.1 Å². The molecule has 5 N–H and O–H groups in total. The van der Waals surface area contributed by atoms with Gasteiger partial charge in [-0.3, -0.25) is 4.57 Å². The van der Waals surface area contributed by atoms with E-state index in [1.165, 1.54) is 6.33 Å².